The summed E-state index contributed by atoms with van der Waals surface area (Å²) in [6, 6.07) is 3.00. The average molecular weight is 390 g/mol. The minimum absolute atomic E-state index is 0.0786. The number of pyridine rings is 1. The van der Waals surface area contributed by atoms with Gasteiger partial charge in [-0.2, -0.15) is 0 Å². The molecule has 0 unspecified atom stereocenters. The smallest absolute Gasteiger partial charge is 0.408 e. The lowest BCUT2D eigenvalue weighted by atomic mass is 9.95. The van der Waals surface area contributed by atoms with Crippen LogP contribution < -0.4 is 10.6 Å². The van der Waals surface area contributed by atoms with E-state index in [9.17, 15) is 14.4 Å². The third kappa shape index (κ3) is 6.51. The number of aryl methyl sites for hydroxylation is 1. The van der Waals surface area contributed by atoms with Gasteiger partial charge in [0.1, 0.15) is 17.5 Å². The molecule has 0 aliphatic carbocycles. The van der Waals surface area contributed by atoms with Gasteiger partial charge in [-0.1, -0.05) is 0 Å². The summed E-state index contributed by atoms with van der Waals surface area (Å²) in [5, 5.41) is 5.41. The fraction of sp³-hybridized carbons (Fsp3) is 0.600. The van der Waals surface area contributed by atoms with Gasteiger partial charge in [0.2, 0.25) is 11.8 Å². The highest BCUT2D eigenvalue weighted by molar-refractivity contribution is 5.92. The zero-order chi connectivity index (χ0) is 20.9. The number of nitrogens with one attached hydrogen (secondary N) is 2. The first-order valence-corrected chi connectivity index (χ1v) is 9.57. The topological polar surface area (TPSA) is 101 Å². The van der Waals surface area contributed by atoms with Crippen molar-refractivity contribution in [2.75, 3.05) is 18.4 Å². The number of alkyl carbamates (subject to hydrolysis) is 1. The number of carbonyl (C=O) groups excluding carboxylic acids is 3. The maximum absolute atomic E-state index is 12.5. The molecule has 2 rings (SSSR count). The molecule has 3 amide bonds. The van der Waals surface area contributed by atoms with Crippen LogP contribution in [0.5, 0.6) is 0 Å². The van der Waals surface area contributed by atoms with Crippen molar-refractivity contribution >= 4 is 23.7 Å². The van der Waals surface area contributed by atoms with Crippen molar-refractivity contribution in [3.63, 3.8) is 0 Å². The van der Waals surface area contributed by atoms with Crippen molar-refractivity contribution in [2.45, 2.75) is 59.1 Å². The maximum atomic E-state index is 12.5. The molecule has 1 aliphatic rings. The number of aromatic nitrogens is 1. The summed E-state index contributed by atoms with van der Waals surface area (Å²) in [7, 11) is 0. The Morgan fingerprint density at radius 1 is 1.25 bits per heavy atom. The van der Waals surface area contributed by atoms with Gasteiger partial charge in [-0.25, -0.2) is 9.78 Å². The van der Waals surface area contributed by atoms with Gasteiger partial charge in [0.15, 0.2) is 0 Å². The Balaban J connectivity index is 1.81. The van der Waals surface area contributed by atoms with Crippen LogP contribution in [0.1, 0.15) is 46.1 Å². The molecule has 1 aromatic rings. The SMILES string of the molecule is Cc1ccnc(NC(=O)C2CCN(C(=O)[C@@H](C)NC(=O)OC(C)(C)C)CC2)c1. The average Bonchev–Trinajstić information content (AvgIpc) is 2.59. The Labute approximate surface area is 166 Å². The van der Waals surface area contributed by atoms with Crippen LogP contribution in [-0.2, 0) is 14.3 Å². The van der Waals surface area contributed by atoms with Crippen LogP contribution in [0.4, 0.5) is 10.6 Å². The fourth-order valence-corrected chi connectivity index (χ4v) is 3.01. The molecule has 0 spiro atoms. The highest BCUT2D eigenvalue weighted by Crippen LogP contribution is 2.20. The van der Waals surface area contributed by atoms with Gasteiger partial charge in [-0.3, -0.25) is 9.59 Å². The Morgan fingerprint density at radius 3 is 2.46 bits per heavy atom. The quantitative estimate of drug-likeness (QED) is 0.823. The molecule has 154 valence electrons. The van der Waals surface area contributed by atoms with E-state index in [0.29, 0.717) is 31.7 Å². The zero-order valence-electron chi connectivity index (χ0n) is 17.2. The first kappa shape index (κ1) is 21.7. The van der Waals surface area contributed by atoms with Crippen LogP contribution in [0.15, 0.2) is 18.3 Å². The zero-order valence-corrected chi connectivity index (χ0v) is 17.2. The van der Waals surface area contributed by atoms with E-state index in [1.807, 2.05) is 19.1 Å². The van der Waals surface area contributed by atoms with Crippen molar-refractivity contribution in [2.24, 2.45) is 5.92 Å². The number of nitrogens with zero attached hydrogens (tertiary/aromatic N) is 2. The van der Waals surface area contributed by atoms with E-state index in [2.05, 4.69) is 15.6 Å². The Morgan fingerprint density at radius 2 is 1.89 bits per heavy atom. The number of piperidine rings is 1. The number of amides is 3. The van der Waals surface area contributed by atoms with Gasteiger partial charge < -0.3 is 20.3 Å². The summed E-state index contributed by atoms with van der Waals surface area (Å²) in [6.45, 7) is 9.81. The second kappa shape index (κ2) is 9.03. The predicted molar refractivity (Wildman–Crippen MR) is 106 cm³/mol. The third-order valence-electron chi connectivity index (χ3n) is 4.45. The summed E-state index contributed by atoms with van der Waals surface area (Å²) in [5.41, 5.74) is 0.405. The molecular formula is C20H30N4O4. The number of rotatable bonds is 4. The molecule has 1 fully saturated rings. The minimum Gasteiger partial charge on any atom is -0.444 e. The molecule has 1 saturated heterocycles. The van der Waals surface area contributed by atoms with Crippen molar-refractivity contribution in [1.82, 2.24) is 15.2 Å². The van der Waals surface area contributed by atoms with E-state index in [1.165, 1.54) is 0 Å². The highest BCUT2D eigenvalue weighted by Gasteiger charge is 2.30. The predicted octanol–water partition coefficient (Wildman–Crippen LogP) is 2.48. The lowest BCUT2D eigenvalue weighted by Crippen LogP contribution is -2.50. The number of anilines is 1. The van der Waals surface area contributed by atoms with Crippen LogP contribution >= 0.6 is 0 Å². The fourth-order valence-electron chi connectivity index (χ4n) is 3.01. The van der Waals surface area contributed by atoms with Crippen molar-refractivity contribution in [3.05, 3.63) is 23.9 Å². The van der Waals surface area contributed by atoms with E-state index >= 15 is 0 Å². The lowest BCUT2D eigenvalue weighted by Gasteiger charge is -2.33. The molecular weight excluding hydrogens is 360 g/mol. The molecule has 1 aromatic heterocycles. The first-order chi connectivity index (χ1) is 13.0. The molecule has 2 N–H and O–H groups in total. The van der Waals surface area contributed by atoms with E-state index in [0.717, 1.165) is 5.56 Å². The van der Waals surface area contributed by atoms with Gasteiger partial charge in [0.25, 0.3) is 0 Å². The molecule has 2 heterocycles. The van der Waals surface area contributed by atoms with Crippen LogP contribution in [0, 0.1) is 12.8 Å². The molecule has 1 aliphatic heterocycles. The number of hydrogen-bond donors (Lipinski definition) is 2. The number of ether oxygens (including phenoxy) is 1. The third-order valence-corrected chi connectivity index (χ3v) is 4.45. The lowest BCUT2D eigenvalue weighted by molar-refractivity contribution is -0.136. The van der Waals surface area contributed by atoms with Gasteiger partial charge >= 0.3 is 6.09 Å². The summed E-state index contributed by atoms with van der Waals surface area (Å²) in [4.78, 5) is 42.6. The normalized spacial score (nSPS) is 16.2. The van der Waals surface area contributed by atoms with E-state index in [-0.39, 0.29) is 17.7 Å². The van der Waals surface area contributed by atoms with Crippen LogP contribution in [-0.4, -0.2) is 52.5 Å². The first-order valence-electron chi connectivity index (χ1n) is 9.57. The molecule has 0 bridgehead atoms. The summed E-state index contributed by atoms with van der Waals surface area (Å²) in [6.07, 6.45) is 2.18. The molecule has 28 heavy (non-hydrogen) atoms. The molecule has 8 heteroatoms. The largest absolute Gasteiger partial charge is 0.444 e. The number of hydrogen-bond acceptors (Lipinski definition) is 5. The molecule has 8 nitrogen and oxygen atoms in total. The second-order valence-corrected chi connectivity index (χ2v) is 8.18. The van der Waals surface area contributed by atoms with Crippen molar-refractivity contribution < 1.29 is 19.1 Å². The van der Waals surface area contributed by atoms with Crippen molar-refractivity contribution in [3.8, 4) is 0 Å². The minimum atomic E-state index is -0.684. The summed E-state index contributed by atoms with van der Waals surface area (Å²) < 4.78 is 5.18. The van der Waals surface area contributed by atoms with Crippen LogP contribution in [0.25, 0.3) is 0 Å². The van der Waals surface area contributed by atoms with Gasteiger partial charge in [-0.05, 0) is 65.2 Å². The van der Waals surface area contributed by atoms with Gasteiger partial charge in [0, 0.05) is 25.2 Å². The van der Waals surface area contributed by atoms with Crippen LogP contribution in [0.3, 0.4) is 0 Å². The van der Waals surface area contributed by atoms with E-state index < -0.39 is 17.7 Å². The molecule has 0 radical (unpaired) electrons. The maximum Gasteiger partial charge on any atom is 0.408 e. The summed E-state index contributed by atoms with van der Waals surface area (Å²) >= 11 is 0. The highest BCUT2D eigenvalue weighted by atomic mass is 16.6. The number of carbonyl (C=O) groups is 3. The Kier molecular flexibility index (Phi) is 6.99. The van der Waals surface area contributed by atoms with Crippen LogP contribution in [0.2, 0.25) is 0 Å². The molecule has 0 aromatic carbocycles. The number of likely N-dealkylation sites (tertiary alicyclic amines) is 1. The standard InChI is InChI=1S/C20H30N4O4/c1-13-6-9-21-16(12-13)23-17(25)15-7-10-24(11-8-15)18(26)14(2)22-19(27)28-20(3,4)5/h6,9,12,14-15H,7-8,10-11H2,1-5H3,(H,22,27)(H,21,23,25)/t14-/m1/s1. The summed E-state index contributed by atoms with van der Waals surface area (Å²) in [5.74, 6) is 0.120. The van der Waals surface area contributed by atoms with E-state index in [1.54, 1.807) is 38.8 Å². The Bertz CT molecular complexity index is 721. The van der Waals surface area contributed by atoms with Gasteiger partial charge in [0.05, 0.1) is 0 Å². The van der Waals surface area contributed by atoms with Gasteiger partial charge in [-0.15, -0.1) is 0 Å². The van der Waals surface area contributed by atoms with Crippen molar-refractivity contribution in [1.29, 1.82) is 0 Å². The van der Waals surface area contributed by atoms with E-state index in [4.69, 9.17) is 4.74 Å². The molecule has 1 atom stereocenters. The Hall–Kier alpha value is -2.64. The monoisotopic (exact) mass is 390 g/mol. The molecule has 0 saturated carbocycles. The second-order valence-electron chi connectivity index (χ2n) is 8.18.